The highest BCUT2D eigenvalue weighted by atomic mass is 16.5. The van der Waals surface area contributed by atoms with Crippen LogP contribution in [0.3, 0.4) is 0 Å². The number of carbonyl (C=O) groups excluding carboxylic acids is 3. The van der Waals surface area contributed by atoms with Crippen molar-refractivity contribution in [3.8, 4) is 0 Å². The van der Waals surface area contributed by atoms with E-state index in [1.807, 2.05) is 19.2 Å². The van der Waals surface area contributed by atoms with E-state index in [1.54, 1.807) is 0 Å². The molecule has 120 valence electrons. The maximum atomic E-state index is 11.3. The van der Waals surface area contributed by atoms with Crippen LogP contribution in [0.5, 0.6) is 0 Å². The Bertz CT molecular complexity index is 383. The zero-order valence-electron chi connectivity index (χ0n) is 12.1. The third-order valence-electron chi connectivity index (χ3n) is 2.06. The number of carboxylic acid groups (broad SMARTS) is 1. The second-order valence-electron chi connectivity index (χ2n) is 4.64. The van der Waals surface area contributed by atoms with E-state index in [0.717, 1.165) is 0 Å². The summed E-state index contributed by atoms with van der Waals surface area (Å²) in [5.74, 6) is -1.83. The van der Waals surface area contributed by atoms with Gasteiger partial charge in [-0.15, -0.1) is 0 Å². The summed E-state index contributed by atoms with van der Waals surface area (Å²) in [5.41, 5.74) is 0. The summed E-state index contributed by atoms with van der Waals surface area (Å²) in [6.07, 6.45) is 0.101. The standard InChI is InChI=1S/C12H21N3O6/c1-8(2)5-14-9(16)3-4-13-12(20)15-10(17)6-21-7-11(18)19/h8H,3-7H2,1-2H3,(H,14,16)(H,18,19)(H2,13,15,17,20). The highest BCUT2D eigenvalue weighted by Gasteiger charge is 2.09. The SMILES string of the molecule is CC(C)CNC(=O)CCNC(=O)NC(=O)COCC(=O)O. The lowest BCUT2D eigenvalue weighted by Crippen LogP contribution is -2.42. The Morgan fingerprint density at radius 1 is 1.05 bits per heavy atom. The van der Waals surface area contributed by atoms with Gasteiger partial charge in [-0.05, 0) is 5.92 Å². The fourth-order valence-corrected chi connectivity index (χ4v) is 1.13. The number of carbonyl (C=O) groups is 4. The van der Waals surface area contributed by atoms with Gasteiger partial charge in [0.25, 0.3) is 5.91 Å². The monoisotopic (exact) mass is 303 g/mol. The first kappa shape index (κ1) is 18.8. The van der Waals surface area contributed by atoms with Crippen LogP contribution in [0.4, 0.5) is 4.79 Å². The molecule has 0 aromatic rings. The largest absolute Gasteiger partial charge is 0.480 e. The number of nitrogens with one attached hydrogen (secondary N) is 3. The predicted molar refractivity (Wildman–Crippen MR) is 72.5 cm³/mol. The number of imide groups is 1. The lowest BCUT2D eigenvalue weighted by Gasteiger charge is -2.08. The molecule has 0 rings (SSSR count). The summed E-state index contributed by atoms with van der Waals surface area (Å²) in [4.78, 5) is 43.9. The topological polar surface area (TPSA) is 134 Å². The number of carboxylic acids is 1. The Hall–Kier alpha value is -2.16. The molecule has 0 atom stereocenters. The molecule has 4 N–H and O–H groups in total. The first-order chi connectivity index (χ1) is 9.81. The van der Waals surface area contributed by atoms with Gasteiger partial charge in [-0.3, -0.25) is 14.9 Å². The number of aliphatic carboxylic acids is 1. The van der Waals surface area contributed by atoms with Gasteiger partial charge < -0.3 is 20.5 Å². The van der Waals surface area contributed by atoms with E-state index in [1.165, 1.54) is 0 Å². The van der Waals surface area contributed by atoms with Gasteiger partial charge in [0.05, 0.1) is 0 Å². The van der Waals surface area contributed by atoms with Crippen molar-refractivity contribution in [1.29, 1.82) is 0 Å². The fraction of sp³-hybridized carbons (Fsp3) is 0.667. The number of hydrogen-bond donors (Lipinski definition) is 4. The van der Waals surface area contributed by atoms with Gasteiger partial charge in [0.15, 0.2) is 0 Å². The van der Waals surface area contributed by atoms with Crippen LogP contribution >= 0.6 is 0 Å². The van der Waals surface area contributed by atoms with E-state index in [-0.39, 0.29) is 18.9 Å². The molecule has 0 heterocycles. The Labute approximate surface area is 122 Å². The summed E-state index contributed by atoms with van der Waals surface area (Å²) >= 11 is 0. The maximum Gasteiger partial charge on any atom is 0.329 e. The van der Waals surface area contributed by atoms with Crippen LogP contribution < -0.4 is 16.0 Å². The van der Waals surface area contributed by atoms with Gasteiger partial charge in [0, 0.05) is 19.5 Å². The van der Waals surface area contributed by atoms with Crippen molar-refractivity contribution in [1.82, 2.24) is 16.0 Å². The van der Waals surface area contributed by atoms with Crippen molar-refractivity contribution < 1.29 is 29.0 Å². The number of rotatable bonds is 9. The molecule has 0 aliphatic carbocycles. The second-order valence-corrected chi connectivity index (χ2v) is 4.64. The molecule has 0 spiro atoms. The lowest BCUT2D eigenvalue weighted by atomic mass is 10.2. The Balaban J connectivity index is 3.68. The molecule has 0 unspecified atom stereocenters. The van der Waals surface area contributed by atoms with Gasteiger partial charge in [-0.1, -0.05) is 13.8 Å². The lowest BCUT2D eigenvalue weighted by molar-refractivity contribution is -0.143. The predicted octanol–water partition coefficient (Wildman–Crippen LogP) is -0.924. The van der Waals surface area contributed by atoms with Crippen LogP contribution in [0.15, 0.2) is 0 Å². The summed E-state index contributed by atoms with van der Waals surface area (Å²) in [6, 6.07) is -0.768. The molecule has 0 saturated heterocycles. The first-order valence-corrected chi connectivity index (χ1v) is 6.45. The minimum absolute atomic E-state index is 0.0824. The van der Waals surface area contributed by atoms with Crippen LogP contribution in [0.1, 0.15) is 20.3 Å². The van der Waals surface area contributed by atoms with Crippen molar-refractivity contribution >= 4 is 23.8 Å². The van der Waals surface area contributed by atoms with E-state index in [9.17, 15) is 19.2 Å². The third-order valence-corrected chi connectivity index (χ3v) is 2.06. The highest BCUT2D eigenvalue weighted by Crippen LogP contribution is 1.88. The van der Waals surface area contributed by atoms with E-state index in [0.29, 0.717) is 12.5 Å². The van der Waals surface area contributed by atoms with Crippen molar-refractivity contribution in [2.24, 2.45) is 5.92 Å². The first-order valence-electron chi connectivity index (χ1n) is 6.45. The van der Waals surface area contributed by atoms with Gasteiger partial charge >= 0.3 is 12.0 Å². The second kappa shape index (κ2) is 10.6. The molecule has 0 aromatic heterocycles. The van der Waals surface area contributed by atoms with Crippen LogP contribution in [-0.2, 0) is 19.1 Å². The van der Waals surface area contributed by atoms with Crippen LogP contribution in [-0.4, -0.2) is 55.2 Å². The minimum atomic E-state index is -1.21. The summed E-state index contributed by atoms with van der Waals surface area (Å²) in [5, 5.41) is 15.2. The molecule has 21 heavy (non-hydrogen) atoms. The number of urea groups is 1. The summed E-state index contributed by atoms with van der Waals surface area (Å²) in [6.45, 7) is 3.41. The van der Waals surface area contributed by atoms with E-state index < -0.39 is 31.1 Å². The molecular weight excluding hydrogens is 282 g/mol. The molecule has 0 saturated carbocycles. The molecule has 4 amide bonds. The number of hydrogen-bond acceptors (Lipinski definition) is 5. The van der Waals surface area contributed by atoms with Gasteiger partial charge in [0.1, 0.15) is 13.2 Å². The van der Waals surface area contributed by atoms with Gasteiger partial charge in [-0.2, -0.15) is 0 Å². The van der Waals surface area contributed by atoms with E-state index in [2.05, 4.69) is 15.4 Å². The van der Waals surface area contributed by atoms with Gasteiger partial charge in [0.2, 0.25) is 5.91 Å². The van der Waals surface area contributed by atoms with Crippen molar-refractivity contribution in [2.45, 2.75) is 20.3 Å². The molecule has 9 nitrogen and oxygen atoms in total. The van der Waals surface area contributed by atoms with Crippen molar-refractivity contribution in [3.63, 3.8) is 0 Å². The normalized spacial score (nSPS) is 10.0. The smallest absolute Gasteiger partial charge is 0.329 e. The van der Waals surface area contributed by atoms with Crippen LogP contribution in [0.25, 0.3) is 0 Å². The highest BCUT2D eigenvalue weighted by molar-refractivity contribution is 5.95. The molecular formula is C12H21N3O6. The molecule has 0 aliphatic heterocycles. The summed E-state index contributed by atoms with van der Waals surface area (Å²) in [7, 11) is 0. The third kappa shape index (κ3) is 12.6. The molecule has 9 heteroatoms. The zero-order chi connectivity index (χ0) is 16.3. The quantitative estimate of drug-likeness (QED) is 0.435. The zero-order valence-corrected chi connectivity index (χ0v) is 12.1. The Morgan fingerprint density at radius 2 is 1.71 bits per heavy atom. The van der Waals surface area contributed by atoms with Gasteiger partial charge in [-0.25, -0.2) is 9.59 Å². The molecule has 0 radical (unpaired) electrons. The Morgan fingerprint density at radius 3 is 2.29 bits per heavy atom. The fourth-order valence-electron chi connectivity index (χ4n) is 1.13. The average Bonchev–Trinajstić information content (AvgIpc) is 2.35. The van der Waals surface area contributed by atoms with Crippen LogP contribution in [0, 0.1) is 5.92 Å². The molecule has 0 fully saturated rings. The van der Waals surface area contributed by atoms with Crippen molar-refractivity contribution in [3.05, 3.63) is 0 Å². The molecule has 0 aromatic carbocycles. The number of ether oxygens (including phenoxy) is 1. The average molecular weight is 303 g/mol. The summed E-state index contributed by atoms with van der Waals surface area (Å²) < 4.78 is 4.50. The molecule has 0 bridgehead atoms. The van der Waals surface area contributed by atoms with E-state index >= 15 is 0 Å². The van der Waals surface area contributed by atoms with E-state index in [4.69, 9.17) is 5.11 Å². The Kier molecular flexibility index (Phi) is 9.52. The minimum Gasteiger partial charge on any atom is -0.480 e. The van der Waals surface area contributed by atoms with Crippen LogP contribution in [0.2, 0.25) is 0 Å². The molecule has 0 aliphatic rings. The van der Waals surface area contributed by atoms with Crippen molar-refractivity contribution in [2.75, 3.05) is 26.3 Å². The maximum absolute atomic E-state index is 11.3. The number of amides is 4.